The number of alkyl carbamates (subject to hydrolysis) is 1. The van der Waals surface area contributed by atoms with Crippen LogP contribution in [0.1, 0.15) is 17.0 Å². The average molecular weight is 533 g/mol. The number of carbonyl (C=O) groups excluding carboxylic acids is 2. The van der Waals surface area contributed by atoms with Crippen molar-refractivity contribution in [3.8, 4) is 11.1 Å². The van der Waals surface area contributed by atoms with Crippen molar-refractivity contribution in [3.63, 3.8) is 0 Å². The number of nitrogens with one attached hydrogen (secondary N) is 3. The van der Waals surface area contributed by atoms with Gasteiger partial charge in [0.1, 0.15) is 19.7 Å². The number of carboxylic acid groups (broad SMARTS) is 1. The van der Waals surface area contributed by atoms with Crippen LogP contribution >= 0.6 is 0 Å². The summed E-state index contributed by atoms with van der Waals surface area (Å²) < 4.78 is 6.68. The van der Waals surface area contributed by atoms with Gasteiger partial charge in [0.25, 0.3) is 5.56 Å². The van der Waals surface area contributed by atoms with E-state index >= 15 is 0 Å². The van der Waals surface area contributed by atoms with E-state index in [9.17, 15) is 29.1 Å². The summed E-state index contributed by atoms with van der Waals surface area (Å²) in [5.41, 5.74) is 2.83. The van der Waals surface area contributed by atoms with E-state index in [2.05, 4.69) is 20.3 Å². The van der Waals surface area contributed by atoms with Crippen LogP contribution in [0.25, 0.3) is 22.3 Å². The van der Waals surface area contributed by atoms with Crippen molar-refractivity contribution >= 4 is 29.1 Å². The zero-order chi connectivity index (χ0) is 27.5. The van der Waals surface area contributed by atoms with Crippen LogP contribution in [0.4, 0.5) is 4.79 Å². The molecular formula is C26H24N6O7. The fourth-order valence-corrected chi connectivity index (χ4v) is 4.78. The van der Waals surface area contributed by atoms with E-state index in [4.69, 9.17) is 4.74 Å². The molecule has 2 aromatic carbocycles. The lowest BCUT2D eigenvalue weighted by Crippen LogP contribution is -2.43. The lowest BCUT2D eigenvalue weighted by molar-refractivity contribution is -0.144. The summed E-state index contributed by atoms with van der Waals surface area (Å²) in [4.78, 5) is 69.5. The number of nitrogens with zero attached hydrogens (tertiary/aromatic N) is 3. The van der Waals surface area contributed by atoms with Crippen LogP contribution in [-0.4, -0.2) is 73.7 Å². The molecule has 0 fully saturated rings. The van der Waals surface area contributed by atoms with Gasteiger partial charge in [-0.1, -0.05) is 48.5 Å². The number of aromatic amines is 2. The van der Waals surface area contributed by atoms with Crippen LogP contribution in [0.3, 0.4) is 0 Å². The number of H-pyrrole nitrogens is 2. The third kappa shape index (κ3) is 5.28. The second-order valence-corrected chi connectivity index (χ2v) is 8.94. The highest BCUT2D eigenvalue weighted by Crippen LogP contribution is 2.44. The number of hydrogen-bond acceptors (Lipinski definition) is 7. The molecule has 0 atom stereocenters. The summed E-state index contributed by atoms with van der Waals surface area (Å²) in [5.74, 6) is -1.99. The van der Waals surface area contributed by atoms with Gasteiger partial charge in [0.2, 0.25) is 5.91 Å². The number of aliphatic carboxylic acids is 1. The lowest BCUT2D eigenvalue weighted by Gasteiger charge is -2.21. The molecule has 2 amide bonds. The number of imidazole rings is 1. The van der Waals surface area contributed by atoms with Crippen LogP contribution in [0.2, 0.25) is 0 Å². The van der Waals surface area contributed by atoms with Gasteiger partial charge in [-0.25, -0.2) is 14.6 Å². The first-order valence-corrected chi connectivity index (χ1v) is 12.1. The first-order valence-electron chi connectivity index (χ1n) is 12.1. The van der Waals surface area contributed by atoms with Gasteiger partial charge in [-0.15, -0.1) is 0 Å². The second kappa shape index (κ2) is 10.7. The SMILES string of the molecule is O=C(O)CN(CCNC(=O)OCC1c2ccccc2-c2ccccc21)C(=O)Cn1cnc2[nH]c(=O)[nH]c(=O)c21. The summed E-state index contributed by atoms with van der Waals surface area (Å²) in [5, 5.41) is 11.8. The van der Waals surface area contributed by atoms with Gasteiger partial charge in [0, 0.05) is 19.0 Å². The van der Waals surface area contributed by atoms with E-state index in [0.717, 1.165) is 27.2 Å². The summed E-state index contributed by atoms with van der Waals surface area (Å²) in [6.45, 7) is -1.08. The number of benzene rings is 2. The van der Waals surface area contributed by atoms with E-state index in [1.165, 1.54) is 10.9 Å². The topological polar surface area (TPSA) is 179 Å². The van der Waals surface area contributed by atoms with Crippen LogP contribution in [0.5, 0.6) is 0 Å². The quantitative estimate of drug-likeness (QED) is 0.245. The molecule has 2 aromatic heterocycles. The van der Waals surface area contributed by atoms with Crippen LogP contribution in [-0.2, 0) is 20.9 Å². The molecule has 0 spiro atoms. The molecule has 4 N–H and O–H groups in total. The number of amides is 2. The number of carbonyl (C=O) groups is 3. The van der Waals surface area contributed by atoms with Gasteiger partial charge in [0.15, 0.2) is 11.2 Å². The molecule has 0 saturated heterocycles. The number of ether oxygens (including phenoxy) is 1. The molecular weight excluding hydrogens is 508 g/mol. The molecule has 0 bridgehead atoms. The Morgan fingerprint density at radius 3 is 2.36 bits per heavy atom. The first kappa shape index (κ1) is 25.4. The zero-order valence-corrected chi connectivity index (χ0v) is 20.5. The number of rotatable bonds is 9. The summed E-state index contributed by atoms with van der Waals surface area (Å²) >= 11 is 0. The highest BCUT2D eigenvalue weighted by atomic mass is 16.5. The molecule has 1 aliphatic rings. The second-order valence-electron chi connectivity index (χ2n) is 8.94. The van der Waals surface area contributed by atoms with Gasteiger partial charge in [-0.05, 0) is 22.3 Å². The van der Waals surface area contributed by atoms with Crippen molar-refractivity contribution in [2.24, 2.45) is 0 Å². The Hall–Kier alpha value is -5.20. The Morgan fingerprint density at radius 2 is 1.69 bits per heavy atom. The smallest absolute Gasteiger partial charge is 0.407 e. The normalized spacial score (nSPS) is 12.1. The van der Waals surface area contributed by atoms with Crippen LogP contribution in [0, 0.1) is 0 Å². The molecule has 0 saturated carbocycles. The molecule has 4 aromatic rings. The van der Waals surface area contributed by atoms with E-state index in [1.807, 2.05) is 48.5 Å². The predicted molar refractivity (Wildman–Crippen MR) is 138 cm³/mol. The minimum absolute atomic E-state index is 0.00161. The van der Waals surface area contributed by atoms with Crippen molar-refractivity contribution < 1.29 is 24.2 Å². The molecule has 0 aliphatic heterocycles. The summed E-state index contributed by atoms with van der Waals surface area (Å²) in [7, 11) is 0. The standard InChI is InChI=1S/C26H24N6O7/c33-20(11-32-14-28-23-22(32)24(36)30-25(37)29-23)31(12-21(34)35)10-9-27-26(38)39-13-19-17-7-3-1-5-15(17)16-6-2-4-8-18(16)19/h1-8,14,19H,9-13H2,(H,27,38)(H,34,35)(H2,29,30,36,37). The maximum Gasteiger partial charge on any atom is 0.407 e. The third-order valence-electron chi connectivity index (χ3n) is 6.49. The monoisotopic (exact) mass is 532 g/mol. The fraction of sp³-hybridized carbons (Fsp3) is 0.231. The van der Waals surface area contributed by atoms with Gasteiger partial charge < -0.3 is 24.6 Å². The van der Waals surface area contributed by atoms with E-state index in [1.54, 1.807) is 0 Å². The molecule has 13 heteroatoms. The van der Waals surface area contributed by atoms with Gasteiger partial charge in [0.05, 0.1) is 6.33 Å². The Kier molecular flexibility index (Phi) is 6.95. The minimum Gasteiger partial charge on any atom is -0.480 e. The van der Waals surface area contributed by atoms with Gasteiger partial charge in [-0.3, -0.25) is 24.4 Å². The fourth-order valence-electron chi connectivity index (χ4n) is 4.78. The number of aromatic nitrogens is 4. The number of carboxylic acids is 1. The largest absolute Gasteiger partial charge is 0.480 e. The summed E-state index contributed by atoms with van der Waals surface area (Å²) in [6.07, 6.45) is 0.498. The zero-order valence-electron chi connectivity index (χ0n) is 20.5. The number of hydrogen-bond donors (Lipinski definition) is 4. The molecule has 0 unspecified atom stereocenters. The predicted octanol–water partition coefficient (Wildman–Crippen LogP) is 0.865. The van der Waals surface area contributed by atoms with Crippen molar-refractivity contribution in [1.29, 1.82) is 0 Å². The maximum atomic E-state index is 12.9. The van der Waals surface area contributed by atoms with E-state index in [-0.39, 0.29) is 36.8 Å². The Labute approximate surface area is 220 Å². The lowest BCUT2D eigenvalue weighted by atomic mass is 9.98. The Bertz CT molecular complexity index is 1640. The van der Waals surface area contributed by atoms with Crippen molar-refractivity contribution in [2.75, 3.05) is 26.2 Å². The third-order valence-corrected chi connectivity index (χ3v) is 6.49. The highest BCUT2D eigenvalue weighted by molar-refractivity contribution is 5.83. The van der Waals surface area contributed by atoms with Crippen molar-refractivity contribution in [2.45, 2.75) is 12.5 Å². The molecule has 1 aliphatic carbocycles. The van der Waals surface area contributed by atoms with Crippen molar-refractivity contribution in [3.05, 3.63) is 86.8 Å². The van der Waals surface area contributed by atoms with Crippen LogP contribution in [0.15, 0.2) is 64.4 Å². The van der Waals surface area contributed by atoms with E-state index < -0.39 is 42.3 Å². The maximum absolute atomic E-state index is 12.9. The number of fused-ring (bicyclic) bond motifs is 4. The Morgan fingerprint density at radius 1 is 1.03 bits per heavy atom. The highest BCUT2D eigenvalue weighted by Gasteiger charge is 2.29. The summed E-state index contributed by atoms with van der Waals surface area (Å²) in [6, 6.07) is 15.9. The molecule has 2 heterocycles. The Balaban J connectivity index is 1.18. The van der Waals surface area contributed by atoms with Crippen LogP contribution < -0.4 is 16.6 Å². The van der Waals surface area contributed by atoms with Gasteiger partial charge in [-0.2, -0.15) is 0 Å². The average Bonchev–Trinajstić information content (AvgIpc) is 3.45. The molecule has 39 heavy (non-hydrogen) atoms. The minimum atomic E-state index is -1.25. The van der Waals surface area contributed by atoms with Crippen molar-refractivity contribution in [1.82, 2.24) is 29.7 Å². The van der Waals surface area contributed by atoms with E-state index in [0.29, 0.717) is 0 Å². The molecule has 5 rings (SSSR count). The first-order chi connectivity index (χ1) is 18.8. The van der Waals surface area contributed by atoms with Gasteiger partial charge >= 0.3 is 17.8 Å². The molecule has 200 valence electrons. The molecule has 13 nitrogen and oxygen atoms in total. The molecule has 0 radical (unpaired) electrons.